The fraction of sp³-hybridized carbons (Fsp3) is 0.500. The van der Waals surface area contributed by atoms with Crippen LogP contribution >= 0.6 is 0 Å². The summed E-state index contributed by atoms with van der Waals surface area (Å²) in [4.78, 5) is 11.3. The molecular weight excluding hydrogens is 192 g/mol. The molecule has 1 N–H and O–H groups in total. The summed E-state index contributed by atoms with van der Waals surface area (Å²) in [5.41, 5.74) is 0.925. The van der Waals surface area contributed by atoms with Gasteiger partial charge in [-0.3, -0.25) is 4.79 Å². The van der Waals surface area contributed by atoms with E-state index in [4.69, 9.17) is 0 Å². The van der Waals surface area contributed by atoms with E-state index in [1.54, 1.807) is 17.0 Å². The highest BCUT2D eigenvalue weighted by molar-refractivity contribution is 5.75. The first-order chi connectivity index (χ1) is 7.26. The van der Waals surface area contributed by atoms with Gasteiger partial charge in [0.1, 0.15) is 6.54 Å². The van der Waals surface area contributed by atoms with Crippen LogP contribution in [0, 0.1) is 0 Å². The van der Waals surface area contributed by atoms with Crippen LogP contribution in [0.3, 0.4) is 0 Å². The van der Waals surface area contributed by atoms with Gasteiger partial charge in [-0.2, -0.15) is 0 Å². The second-order valence-corrected chi connectivity index (χ2v) is 3.25. The Bertz CT molecular complexity index is 332. The molecule has 0 atom stereocenters. The Hall–Kier alpha value is -1.65. The molecule has 5 heteroatoms. The van der Waals surface area contributed by atoms with Crippen molar-refractivity contribution in [1.82, 2.24) is 20.3 Å². The summed E-state index contributed by atoms with van der Waals surface area (Å²) in [5, 5.41) is 10.5. The molecule has 15 heavy (non-hydrogen) atoms. The molecule has 1 rings (SSSR count). The molecule has 1 amide bonds. The van der Waals surface area contributed by atoms with Crippen molar-refractivity contribution in [1.29, 1.82) is 0 Å². The molecule has 1 aromatic heterocycles. The maximum atomic E-state index is 11.3. The second kappa shape index (κ2) is 5.95. The monoisotopic (exact) mass is 208 g/mol. The molecule has 0 saturated carbocycles. The summed E-state index contributed by atoms with van der Waals surface area (Å²) in [7, 11) is 0. The van der Waals surface area contributed by atoms with Gasteiger partial charge >= 0.3 is 0 Å². The predicted octanol–water partition coefficient (Wildman–Crippen LogP) is 0.533. The Morgan fingerprint density at radius 1 is 1.73 bits per heavy atom. The first-order valence-corrected chi connectivity index (χ1v) is 5.03. The molecule has 0 radical (unpaired) electrons. The molecule has 0 saturated heterocycles. The quantitative estimate of drug-likeness (QED) is 0.694. The second-order valence-electron chi connectivity index (χ2n) is 3.25. The number of hydrogen-bond donors (Lipinski definition) is 1. The van der Waals surface area contributed by atoms with Crippen LogP contribution in [-0.2, 0) is 17.8 Å². The van der Waals surface area contributed by atoms with Gasteiger partial charge in [0.25, 0.3) is 0 Å². The number of hydrogen-bond acceptors (Lipinski definition) is 3. The molecular formula is C10H16N4O. The lowest BCUT2D eigenvalue weighted by atomic mass is 10.3. The third-order valence-corrected chi connectivity index (χ3v) is 1.84. The Morgan fingerprint density at radius 3 is 3.20 bits per heavy atom. The predicted molar refractivity (Wildman–Crippen MR) is 57.2 cm³/mol. The molecule has 0 spiro atoms. The van der Waals surface area contributed by atoms with Crippen LogP contribution in [0.5, 0.6) is 0 Å². The van der Waals surface area contributed by atoms with Gasteiger partial charge in [-0.05, 0) is 6.42 Å². The molecule has 82 valence electrons. The number of rotatable bonds is 6. The zero-order valence-corrected chi connectivity index (χ0v) is 8.94. The van der Waals surface area contributed by atoms with Crippen LogP contribution < -0.4 is 5.32 Å². The smallest absolute Gasteiger partial charge is 0.242 e. The van der Waals surface area contributed by atoms with Crippen molar-refractivity contribution < 1.29 is 4.79 Å². The van der Waals surface area contributed by atoms with Gasteiger partial charge in [0.05, 0.1) is 5.69 Å². The SMILES string of the molecule is C=CCNC(=O)Cn1cc(CCC)nn1. The van der Waals surface area contributed by atoms with Gasteiger partial charge in [0.15, 0.2) is 0 Å². The number of amides is 1. The van der Waals surface area contributed by atoms with Gasteiger partial charge in [0, 0.05) is 12.7 Å². The fourth-order valence-electron chi connectivity index (χ4n) is 1.18. The third-order valence-electron chi connectivity index (χ3n) is 1.84. The first-order valence-electron chi connectivity index (χ1n) is 5.03. The standard InChI is InChI=1S/C10H16N4O/c1-3-5-9-7-14(13-12-9)8-10(15)11-6-4-2/h4,7H,2-3,5-6,8H2,1H3,(H,11,15). The van der Waals surface area contributed by atoms with Crippen LogP contribution in [-0.4, -0.2) is 27.4 Å². The number of aromatic nitrogens is 3. The number of carbonyl (C=O) groups excluding carboxylic acids is 1. The molecule has 1 heterocycles. The zero-order chi connectivity index (χ0) is 11.1. The van der Waals surface area contributed by atoms with Gasteiger partial charge in [-0.25, -0.2) is 4.68 Å². The summed E-state index contributed by atoms with van der Waals surface area (Å²) in [6.45, 7) is 6.29. The highest BCUT2D eigenvalue weighted by Gasteiger charge is 2.04. The van der Waals surface area contributed by atoms with E-state index in [9.17, 15) is 4.79 Å². The van der Waals surface area contributed by atoms with E-state index in [1.807, 2.05) is 0 Å². The van der Waals surface area contributed by atoms with Crippen molar-refractivity contribution >= 4 is 5.91 Å². The lowest BCUT2D eigenvalue weighted by molar-refractivity contribution is -0.121. The van der Waals surface area contributed by atoms with E-state index in [-0.39, 0.29) is 12.5 Å². The largest absolute Gasteiger partial charge is 0.351 e. The minimum absolute atomic E-state index is 0.0807. The van der Waals surface area contributed by atoms with Crippen LogP contribution in [0.4, 0.5) is 0 Å². The van der Waals surface area contributed by atoms with Crippen LogP contribution in [0.2, 0.25) is 0 Å². The van der Waals surface area contributed by atoms with Crippen LogP contribution in [0.25, 0.3) is 0 Å². The fourth-order valence-corrected chi connectivity index (χ4v) is 1.18. The number of nitrogens with zero attached hydrogens (tertiary/aromatic N) is 3. The molecule has 0 unspecified atom stereocenters. The summed E-state index contributed by atoms with van der Waals surface area (Å²) in [5.74, 6) is -0.0807. The molecule has 0 aromatic carbocycles. The van der Waals surface area contributed by atoms with Crippen molar-refractivity contribution in [3.8, 4) is 0 Å². The average Bonchev–Trinajstić information content (AvgIpc) is 2.63. The van der Waals surface area contributed by atoms with E-state index in [0.29, 0.717) is 6.54 Å². The number of nitrogens with one attached hydrogen (secondary N) is 1. The Balaban J connectivity index is 2.42. The molecule has 0 fully saturated rings. The molecule has 0 bridgehead atoms. The molecule has 0 aliphatic carbocycles. The highest BCUT2D eigenvalue weighted by Crippen LogP contribution is 1.96. The van der Waals surface area contributed by atoms with Gasteiger partial charge < -0.3 is 5.32 Å². The summed E-state index contributed by atoms with van der Waals surface area (Å²) < 4.78 is 1.55. The molecule has 0 aliphatic rings. The van der Waals surface area contributed by atoms with Crippen molar-refractivity contribution in [3.63, 3.8) is 0 Å². The zero-order valence-electron chi connectivity index (χ0n) is 8.94. The van der Waals surface area contributed by atoms with E-state index >= 15 is 0 Å². The number of aryl methyl sites for hydroxylation is 1. The van der Waals surface area contributed by atoms with E-state index in [0.717, 1.165) is 18.5 Å². The average molecular weight is 208 g/mol. The van der Waals surface area contributed by atoms with Crippen LogP contribution in [0.1, 0.15) is 19.0 Å². The summed E-state index contributed by atoms with van der Waals surface area (Å²) >= 11 is 0. The third kappa shape index (κ3) is 3.93. The molecule has 0 aliphatic heterocycles. The Kier molecular flexibility index (Phi) is 4.53. The van der Waals surface area contributed by atoms with E-state index in [1.165, 1.54) is 0 Å². The van der Waals surface area contributed by atoms with Gasteiger partial charge in [-0.1, -0.05) is 24.6 Å². The maximum Gasteiger partial charge on any atom is 0.242 e. The Labute approximate surface area is 89.2 Å². The molecule has 1 aromatic rings. The minimum atomic E-state index is -0.0807. The van der Waals surface area contributed by atoms with Crippen molar-refractivity contribution in [2.45, 2.75) is 26.3 Å². The number of carbonyl (C=O) groups is 1. The topological polar surface area (TPSA) is 59.8 Å². The molecule has 5 nitrogen and oxygen atoms in total. The lowest BCUT2D eigenvalue weighted by Crippen LogP contribution is -2.27. The van der Waals surface area contributed by atoms with Crippen molar-refractivity contribution in [2.75, 3.05) is 6.54 Å². The lowest BCUT2D eigenvalue weighted by Gasteiger charge is -2.00. The van der Waals surface area contributed by atoms with Gasteiger partial charge in [-0.15, -0.1) is 11.7 Å². The normalized spacial score (nSPS) is 9.93. The first kappa shape index (κ1) is 11.4. The van der Waals surface area contributed by atoms with Crippen molar-refractivity contribution in [3.05, 3.63) is 24.5 Å². The highest BCUT2D eigenvalue weighted by atomic mass is 16.2. The van der Waals surface area contributed by atoms with Crippen molar-refractivity contribution in [2.24, 2.45) is 0 Å². The summed E-state index contributed by atoms with van der Waals surface area (Å²) in [6, 6.07) is 0. The summed E-state index contributed by atoms with van der Waals surface area (Å²) in [6.07, 6.45) is 5.37. The van der Waals surface area contributed by atoms with E-state index < -0.39 is 0 Å². The maximum absolute atomic E-state index is 11.3. The van der Waals surface area contributed by atoms with E-state index in [2.05, 4.69) is 29.1 Å². The van der Waals surface area contributed by atoms with Gasteiger partial charge in [0.2, 0.25) is 5.91 Å². The van der Waals surface area contributed by atoms with Crippen LogP contribution in [0.15, 0.2) is 18.9 Å². The minimum Gasteiger partial charge on any atom is -0.351 e. The Morgan fingerprint density at radius 2 is 2.53 bits per heavy atom.